The van der Waals surface area contributed by atoms with Crippen LogP contribution >= 0.6 is 23.2 Å². The van der Waals surface area contributed by atoms with E-state index in [-0.39, 0.29) is 11.4 Å². The van der Waals surface area contributed by atoms with E-state index in [1.54, 1.807) is 12.1 Å². The summed E-state index contributed by atoms with van der Waals surface area (Å²) in [7, 11) is 0. The average molecular weight is 284 g/mol. The number of nitrogens with zero attached hydrogens (tertiary/aromatic N) is 3. The second kappa shape index (κ2) is 3.79. The third-order valence-electron chi connectivity index (χ3n) is 2.33. The molecule has 0 unspecified atom stereocenters. The van der Waals surface area contributed by atoms with E-state index in [1.807, 2.05) is 0 Å². The van der Waals surface area contributed by atoms with E-state index in [0.717, 1.165) is 0 Å². The van der Waals surface area contributed by atoms with Crippen molar-refractivity contribution in [1.29, 1.82) is 0 Å². The van der Waals surface area contributed by atoms with Gasteiger partial charge in [0.2, 0.25) is 5.69 Å². The molecule has 1 aromatic heterocycles. The summed E-state index contributed by atoms with van der Waals surface area (Å²) in [6.07, 6.45) is 0. The number of cyclic esters (lactones) is 2. The molecule has 0 saturated heterocycles. The summed E-state index contributed by atoms with van der Waals surface area (Å²) >= 11 is 11.7. The first kappa shape index (κ1) is 11.2. The predicted molar refractivity (Wildman–Crippen MR) is 61.1 cm³/mol. The molecule has 0 spiro atoms. The van der Waals surface area contributed by atoms with E-state index in [0.29, 0.717) is 15.7 Å². The van der Waals surface area contributed by atoms with Gasteiger partial charge in [0.1, 0.15) is 0 Å². The molecule has 0 bridgehead atoms. The molecule has 6 nitrogen and oxygen atoms in total. The monoisotopic (exact) mass is 283 g/mol. The Bertz CT molecular complexity index is 675. The molecule has 8 heteroatoms. The summed E-state index contributed by atoms with van der Waals surface area (Å²) in [4.78, 5) is 22.7. The quantitative estimate of drug-likeness (QED) is 0.590. The van der Waals surface area contributed by atoms with E-state index in [9.17, 15) is 9.59 Å². The molecule has 2 aromatic rings. The van der Waals surface area contributed by atoms with Crippen molar-refractivity contribution in [2.45, 2.75) is 0 Å². The minimum Gasteiger partial charge on any atom is -0.383 e. The number of rotatable bonds is 1. The van der Waals surface area contributed by atoms with E-state index in [2.05, 4.69) is 15.0 Å². The van der Waals surface area contributed by atoms with E-state index < -0.39 is 11.9 Å². The van der Waals surface area contributed by atoms with Crippen molar-refractivity contribution in [2.75, 3.05) is 0 Å². The Morgan fingerprint density at radius 1 is 1.06 bits per heavy atom. The van der Waals surface area contributed by atoms with Gasteiger partial charge in [-0.1, -0.05) is 28.4 Å². The minimum atomic E-state index is -0.811. The summed E-state index contributed by atoms with van der Waals surface area (Å²) in [6.45, 7) is 0. The van der Waals surface area contributed by atoms with Gasteiger partial charge >= 0.3 is 11.9 Å². The summed E-state index contributed by atoms with van der Waals surface area (Å²) in [5.41, 5.74) is 0.280. The van der Waals surface area contributed by atoms with Crippen molar-refractivity contribution < 1.29 is 14.3 Å². The lowest BCUT2D eigenvalue weighted by Crippen LogP contribution is -2.08. The van der Waals surface area contributed by atoms with Gasteiger partial charge in [-0.15, -0.1) is 5.10 Å². The maximum atomic E-state index is 11.5. The second-order valence-corrected chi connectivity index (χ2v) is 4.38. The van der Waals surface area contributed by atoms with Crippen molar-refractivity contribution in [3.63, 3.8) is 0 Å². The van der Waals surface area contributed by atoms with Crippen LogP contribution in [0.4, 0.5) is 0 Å². The molecule has 3 rings (SSSR count). The van der Waals surface area contributed by atoms with Crippen LogP contribution in [-0.2, 0) is 4.74 Å². The number of ether oxygens (including phenoxy) is 1. The van der Waals surface area contributed by atoms with E-state index >= 15 is 0 Å². The molecule has 0 fully saturated rings. The van der Waals surface area contributed by atoms with Crippen molar-refractivity contribution in [2.24, 2.45) is 0 Å². The van der Waals surface area contributed by atoms with Crippen LogP contribution in [0.25, 0.3) is 5.69 Å². The first-order valence-electron chi connectivity index (χ1n) is 4.75. The number of carbonyl (C=O) groups is 2. The van der Waals surface area contributed by atoms with Crippen molar-refractivity contribution >= 4 is 35.1 Å². The third kappa shape index (κ3) is 1.58. The maximum absolute atomic E-state index is 11.5. The number of fused-ring (bicyclic) bond motifs is 1. The lowest BCUT2D eigenvalue weighted by molar-refractivity contribution is 0.0434. The fourth-order valence-corrected chi connectivity index (χ4v) is 2.14. The topological polar surface area (TPSA) is 74.1 Å². The van der Waals surface area contributed by atoms with Crippen LogP contribution in [0, 0.1) is 0 Å². The molecule has 2 heterocycles. The first-order chi connectivity index (χ1) is 8.56. The molecule has 1 aliphatic rings. The zero-order valence-electron chi connectivity index (χ0n) is 8.55. The second-order valence-electron chi connectivity index (χ2n) is 3.50. The highest BCUT2D eigenvalue weighted by Gasteiger charge is 2.37. The Kier molecular flexibility index (Phi) is 2.36. The number of aromatic nitrogens is 3. The molecular weight excluding hydrogens is 281 g/mol. The Morgan fingerprint density at radius 2 is 1.72 bits per heavy atom. The number of hydrogen-bond donors (Lipinski definition) is 0. The lowest BCUT2D eigenvalue weighted by atomic mass is 10.3. The van der Waals surface area contributed by atoms with E-state index in [4.69, 9.17) is 23.2 Å². The van der Waals surface area contributed by atoms with Crippen molar-refractivity contribution in [1.82, 2.24) is 15.0 Å². The van der Waals surface area contributed by atoms with Gasteiger partial charge in [-0.05, 0) is 18.2 Å². The van der Waals surface area contributed by atoms with Gasteiger partial charge in [-0.25, -0.2) is 14.3 Å². The Balaban J connectivity index is 2.22. The molecule has 0 N–H and O–H groups in total. The Morgan fingerprint density at radius 3 is 2.39 bits per heavy atom. The number of esters is 2. The summed E-state index contributed by atoms with van der Waals surface area (Å²) in [6, 6.07) is 4.62. The molecular formula is C10H3Cl2N3O3. The fourth-order valence-electron chi connectivity index (χ4n) is 1.63. The van der Waals surface area contributed by atoms with Gasteiger partial charge < -0.3 is 4.74 Å². The van der Waals surface area contributed by atoms with Crippen LogP contribution in [0.1, 0.15) is 21.0 Å². The van der Waals surface area contributed by atoms with Gasteiger partial charge in [0, 0.05) is 10.0 Å². The molecule has 1 aromatic carbocycles. The molecule has 1 aliphatic heterocycles. The van der Waals surface area contributed by atoms with Crippen LogP contribution < -0.4 is 0 Å². The summed E-state index contributed by atoms with van der Waals surface area (Å²) in [5.74, 6) is -1.61. The lowest BCUT2D eigenvalue weighted by Gasteiger charge is -2.03. The summed E-state index contributed by atoms with van der Waals surface area (Å²) < 4.78 is 5.59. The van der Waals surface area contributed by atoms with Gasteiger partial charge in [-0.3, -0.25) is 0 Å². The highest BCUT2D eigenvalue weighted by Crippen LogP contribution is 2.25. The Labute approximate surface area is 110 Å². The molecule has 0 amide bonds. The number of hydrogen-bond acceptors (Lipinski definition) is 5. The van der Waals surface area contributed by atoms with Crippen LogP contribution in [0.2, 0.25) is 10.0 Å². The largest absolute Gasteiger partial charge is 0.383 e. The molecule has 0 radical (unpaired) electrons. The number of carbonyl (C=O) groups excluding carboxylic acids is 2. The fraction of sp³-hybridized carbons (Fsp3) is 0. The summed E-state index contributed by atoms with van der Waals surface area (Å²) in [5, 5.41) is 8.06. The van der Waals surface area contributed by atoms with Gasteiger partial charge in [-0.2, -0.15) is 0 Å². The third-order valence-corrected chi connectivity index (χ3v) is 2.77. The number of halogens is 2. The van der Waals surface area contributed by atoms with Crippen molar-refractivity contribution in [3.05, 3.63) is 39.6 Å². The van der Waals surface area contributed by atoms with Gasteiger partial charge in [0.25, 0.3) is 0 Å². The van der Waals surface area contributed by atoms with Crippen LogP contribution in [0.3, 0.4) is 0 Å². The van der Waals surface area contributed by atoms with Gasteiger partial charge in [0.05, 0.1) is 5.69 Å². The standard InChI is InChI=1S/C10H3Cl2N3O3/c11-4-1-5(12)3-6(2-4)15-8-7(13-14-15)9(16)18-10(8)17/h1-3H. The predicted octanol–water partition coefficient (Wildman–Crippen LogP) is 1.88. The normalized spacial score (nSPS) is 13.7. The van der Waals surface area contributed by atoms with Crippen LogP contribution in [-0.4, -0.2) is 26.9 Å². The highest BCUT2D eigenvalue weighted by atomic mass is 35.5. The molecule has 0 saturated carbocycles. The zero-order valence-corrected chi connectivity index (χ0v) is 10.1. The molecule has 0 aliphatic carbocycles. The maximum Gasteiger partial charge on any atom is 0.369 e. The molecule has 90 valence electrons. The van der Waals surface area contributed by atoms with Crippen LogP contribution in [0.15, 0.2) is 18.2 Å². The SMILES string of the molecule is O=C1OC(=O)c2c1nnn2-c1cc(Cl)cc(Cl)c1. The van der Waals surface area contributed by atoms with E-state index in [1.165, 1.54) is 10.7 Å². The highest BCUT2D eigenvalue weighted by molar-refractivity contribution is 6.34. The zero-order chi connectivity index (χ0) is 12.9. The average Bonchev–Trinajstić information content (AvgIpc) is 2.81. The van der Waals surface area contributed by atoms with Crippen molar-refractivity contribution in [3.8, 4) is 5.69 Å². The molecule has 0 atom stereocenters. The first-order valence-corrected chi connectivity index (χ1v) is 5.50. The minimum absolute atomic E-state index is 0.0293. The molecule has 18 heavy (non-hydrogen) atoms. The van der Waals surface area contributed by atoms with Gasteiger partial charge in [0.15, 0.2) is 5.69 Å². The smallest absolute Gasteiger partial charge is 0.369 e. The number of benzene rings is 1. The Hall–Kier alpha value is -1.92. The van der Waals surface area contributed by atoms with Crippen LogP contribution in [0.5, 0.6) is 0 Å².